The fraction of sp³-hybridized carbons (Fsp3) is 0.444. The van der Waals surface area contributed by atoms with Crippen LogP contribution in [0, 0.1) is 0 Å². The van der Waals surface area contributed by atoms with E-state index in [0.717, 1.165) is 0 Å². The molecule has 0 aliphatic heterocycles. The predicted octanol–water partition coefficient (Wildman–Crippen LogP) is 0.722. The lowest BCUT2D eigenvalue weighted by Gasteiger charge is -2.10. The Morgan fingerprint density at radius 1 is 1.50 bits per heavy atom. The number of aromatic nitrogens is 1. The van der Waals surface area contributed by atoms with Gasteiger partial charge in [0.15, 0.2) is 9.84 Å². The van der Waals surface area contributed by atoms with E-state index in [-0.39, 0.29) is 11.4 Å². The van der Waals surface area contributed by atoms with Gasteiger partial charge >= 0.3 is 0 Å². The molecule has 0 aromatic carbocycles. The van der Waals surface area contributed by atoms with Crippen LogP contribution in [-0.4, -0.2) is 18.7 Å². The van der Waals surface area contributed by atoms with Crippen molar-refractivity contribution >= 4 is 9.84 Å². The third-order valence-corrected chi connectivity index (χ3v) is 4.19. The molecule has 1 aromatic rings. The molecule has 0 aliphatic carbocycles. The minimum Gasteiger partial charge on any atom is -0.325 e. The van der Waals surface area contributed by atoms with E-state index in [2.05, 4.69) is 4.98 Å². The van der Waals surface area contributed by atoms with Crippen molar-refractivity contribution in [3.8, 4) is 0 Å². The van der Waals surface area contributed by atoms with Gasteiger partial charge < -0.3 is 5.73 Å². The third kappa shape index (κ3) is 1.93. The van der Waals surface area contributed by atoms with Crippen LogP contribution in [0.3, 0.4) is 0 Å². The maximum atomic E-state index is 11.8. The Kier molecular flexibility index (Phi) is 3.23. The van der Waals surface area contributed by atoms with Crippen LogP contribution < -0.4 is 5.73 Å². The lowest BCUT2D eigenvalue weighted by Crippen LogP contribution is -2.17. The summed E-state index contributed by atoms with van der Waals surface area (Å²) in [6.45, 7) is 3.42. The van der Waals surface area contributed by atoms with Gasteiger partial charge in [0.25, 0.3) is 0 Å². The highest BCUT2D eigenvalue weighted by atomic mass is 32.2. The molecule has 0 saturated heterocycles. The second-order valence-electron chi connectivity index (χ2n) is 3.25. The summed E-state index contributed by atoms with van der Waals surface area (Å²) in [6.07, 6.45) is 1.54. The van der Waals surface area contributed by atoms with Crippen LogP contribution in [0.4, 0.5) is 0 Å². The average molecular weight is 214 g/mol. The van der Waals surface area contributed by atoms with E-state index >= 15 is 0 Å². The molecular formula is C9H14N2O2S. The summed E-state index contributed by atoms with van der Waals surface area (Å²) in [5.41, 5.74) is 5.85. The average Bonchev–Trinajstić information content (AvgIpc) is 2.17. The van der Waals surface area contributed by atoms with Gasteiger partial charge in [-0.2, -0.15) is 0 Å². The van der Waals surface area contributed by atoms with Gasteiger partial charge in [-0.1, -0.05) is 0 Å². The standard InChI is InChI=1S/C9H14N2O2S/c1-7(2)14(12,13)9-4-3-5-11-8(9)6-10/h3-5,7H,6,10H2,1-2H3. The van der Waals surface area contributed by atoms with Crippen molar-refractivity contribution in [3.63, 3.8) is 0 Å². The maximum Gasteiger partial charge on any atom is 0.182 e. The van der Waals surface area contributed by atoms with E-state index < -0.39 is 15.1 Å². The smallest absolute Gasteiger partial charge is 0.182 e. The van der Waals surface area contributed by atoms with E-state index in [4.69, 9.17) is 5.73 Å². The Balaban J connectivity index is 3.32. The van der Waals surface area contributed by atoms with Gasteiger partial charge in [0.2, 0.25) is 0 Å². The van der Waals surface area contributed by atoms with E-state index in [1.54, 1.807) is 32.2 Å². The Morgan fingerprint density at radius 2 is 2.14 bits per heavy atom. The molecule has 0 radical (unpaired) electrons. The molecule has 1 heterocycles. The number of nitrogens with two attached hydrogens (primary N) is 1. The Bertz CT molecular complexity index is 413. The molecule has 4 nitrogen and oxygen atoms in total. The van der Waals surface area contributed by atoms with Gasteiger partial charge in [0.1, 0.15) is 0 Å². The second-order valence-corrected chi connectivity index (χ2v) is 5.72. The molecule has 2 N–H and O–H groups in total. The molecule has 0 spiro atoms. The molecule has 0 fully saturated rings. The summed E-state index contributed by atoms with van der Waals surface area (Å²) in [4.78, 5) is 4.19. The van der Waals surface area contributed by atoms with Crippen LogP contribution in [0.15, 0.2) is 23.2 Å². The summed E-state index contributed by atoms with van der Waals surface area (Å²) in [5, 5.41) is -0.447. The highest BCUT2D eigenvalue weighted by Crippen LogP contribution is 2.17. The predicted molar refractivity (Wildman–Crippen MR) is 54.5 cm³/mol. The Hall–Kier alpha value is -0.940. The molecule has 1 aromatic heterocycles. The lowest BCUT2D eigenvalue weighted by atomic mass is 10.3. The normalized spacial score (nSPS) is 12.0. The first-order valence-corrected chi connectivity index (χ1v) is 5.92. The van der Waals surface area contributed by atoms with Gasteiger partial charge in [-0.25, -0.2) is 8.42 Å². The minimum absolute atomic E-state index is 0.141. The van der Waals surface area contributed by atoms with Crippen molar-refractivity contribution in [1.29, 1.82) is 0 Å². The molecule has 1 rings (SSSR count). The van der Waals surface area contributed by atoms with Crippen molar-refractivity contribution in [2.45, 2.75) is 30.5 Å². The summed E-state index contributed by atoms with van der Waals surface area (Å²) >= 11 is 0. The van der Waals surface area contributed by atoms with Crippen molar-refractivity contribution < 1.29 is 8.42 Å². The zero-order chi connectivity index (χ0) is 10.8. The van der Waals surface area contributed by atoms with Crippen molar-refractivity contribution in [3.05, 3.63) is 24.0 Å². The number of sulfone groups is 1. The van der Waals surface area contributed by atoms with Gasteiger partial charge in [-0.05, 0) is 26.0 Å². The highest BCUT2D eigenvalue weighted by Gasteiger charge is 2.22. The van der Waals surface area contributed by atoms with Crippen LogP contribution in [0.2, 0.25) is 0 Å². The van der Waals surface area contributed by atoms with Gasteiger partial charge in [-0.15, -0.1) is 0 Å². The van der Waals surface area contributed by atoms with Gasteiger partial charge in [0.05, 0.1) is 15.8 Å². The fourth-order valence-corrected chi connectivity index (χ4v) is 2.33. The zero-order valence-corrected chi connectivity index (χ0v) is 9.08. The maximum absolute atomic E-state index is 11.8. The quantitative estimate of drug-likeness (QED) is 0.804. The zero-order valence-electron chi connectivity index (χ0n) is 8.27. The van der Waals surface area contributed by atoms with Crippen LogP contribution in [0.25, 0.3) is 0 Å². The highest BCUT2D eigenvalue weighted by molar-refractivity contribution is 7.92. The molecule has 78 valence electrons. The van der Waals surface area contributed by atoms with Gasteiger partial charge in [0, 0.05) is 12.7 Å². The largest absolute Gasteiger partial charge is 0.325 e. The van der Waals surface area contributed by atoms with Crippen molar-refractivity contribution in [1.82, 2.24) is 4.98 Å². The number of nitrogens with zero attached hydrogens (tertiary/aromatic N) is 1. The van der Waals surface area contributed by atoms with Crippen LogP contribution in [0.1, 0.15) is 19.5 Å². The van der Waals surface area contributed by atoms with E-state index in [1.807, 2.05) is 0 Å². The molecule has 0 bridgehead atoms. The summed E-state index contributed by atoms with van der Waals surface area (Å²) in [5.74, 6) is 0. The SMILES string of the molecule is CC(C)S(=O)(=O)c1cccnc1CN. The molecule has 5 heteroatoms. The summed E-state index contributed by atoms with van der Waals surface area (Å²) in [6, 6.07) is 3.15. The fourth-order valence-electron chi connectivity index (χ4n) is 1.09. The first kappa shape index (κ1) is 11.1. The molecule has 0 aliphatic rings. The number of pyridine rings is 1. The van der Waals surface area contributed by atoms with E-state index in [1.165, 1.54) is 0 Å². The second kappa shape index (κ2) is 4.06. The minimum atomic E-state index is -3.26. The monoisotopic (exact) mass is 214 g/mol. The van der Waals surface area contributed by atoms with E-state index in [0.29, 0.717) is 5.69 Å². The molecule has 0 atom stereocenters. The van der Waals surface area contributed by atoms with Crippen LogP contribution >= 0.6 is 0 Å². The Morgan fingerprint density at radius 3 is 2.64 bits per heavy atom. The Labute approximate surface area is 84.1 Å². The first-order valence-electron chi connectivity index (χ1n) is 4.38. The van der Waals surface area contributed by atoms with Crippen LogP contribution in [0.5, 0.6) is 0 Å². The molecule has 0 amide bonds. The van der Waals surface area contributed by atoms with Crippen LogP contribution in [-0.2, 0) is 16.4 Å². The molecule has 14 heavy (non-hydrogen) atoms. The third-order valence-electron chi connectivity index (χ3n) is 1.97. The van der Waals surface area contributed by atoms with Crippen molar-refractivity contribution in [2.24, 2.45) is 5.73 Å². The number of hydrogen-bond acceptors (Lipinski definition) is 4. The van der Waals surface area contributed by atoms with Gasteiger partial charge in [-0.3, -0.25) is 4.98 Å². The number of rotatable bonds is 3. The molecule has 0 unspecified atom stereocenters. The molecular weight excluding hydrogens is 200 g/mol. The first-order chi connectivity index (χ1) is 6.50. The summed E-state index contributed by atoms with van der Waals surface area (Å²) < 4.78 is 23.6. The lowest BCUT2D eigenvalue weighted by molar-refractivity contribution is 0.585. The molecule has 0 saturated carbocycles. The topological polar surface area (TPSA) is 73.0 Å². The number of hydrogen-bond donors (Lipinski definition) is 1. The summed E-state index contributed by atoms with van der Waals surface area (Å²) in [7, 11) is -3.26. The van der Waals surface area contributed by atoms with E-state index in [9.17, 15) is 8.42 Å². The van der Waals surface area contributed by atoms with Crippen molar-refractivity contribution in [2.75, 3.05) is 0 Å².